The minimum atomic E-state index is 0.189. The molecular weight excluding hydrogens is 186 g/mol. The number of hydrogen-bond acceptors (Lipinski definition) is 2. The van der Waals surface area contributed by atoms with Gasteiger partial charge < -0.3 is 5.11 Å². The van der Waals surface area contributed by atoms with Crippen LogP contribution in [0.4, 0.5) is 0 Å². The summed E-state index contributed by atoms with van der Waals surface area (Å²) in [5.41, 5.74) is 0.563. The molecule has 2 fully saturated rings. The minimum Gasteiger partial charge on any atom is -0.508 e. The average Bonchev–Trinajstić information content (AvgIpc) is 2.88. The zero-order valence-electron chi connectivity index (χ0n) is 8.69. The summed E-state index contributed by atoms with van der Waals surface area (Å²) in [6.07, 6.45) is 6.24. The van der Waals surface area contributed by atoms with Crippen LogP contribution in [-0.4, -0.2) is 5.11 Å². The number of benzene rings is 1. The maximum atomic E-state index is 8.74. The topological polar surface area (TPSA) is 44.0 Å². The van der Waals surface area contributed by atoms with E-state index in [1.807, 2.05) is 6.07 Å². The van der Waals surface area contributed by atoms with Crippen molar-refractivity contribution < 1.29 is 5.11 Å². The zero-order chi connectivity index (χ0) is 10.7. The molecule has 1 N–H and O–H groups in total. The van der Waals surface area contributed by atoms with E-state index in [1.165, 1.54) is 30.4 Å². The van der Waals surface area contributed by atoms with Gasteiger partial charge >= 0.3 is 0 Å². The van der Waals surface area contributed by atoms with Crippen LogP contribution in [0.15, 0.2) is 24.3 Å². The van der Waals surface area contributed by atoms with E-state index in [4.69, 9.17) is 10.4 Å². The van der Waals surface area contributed by atoms with Gasteiger partial charge in [-0.3, -0.25) is 0 Å². The van der Waals surface area contributed by atoms with Gasteiger partial charge in [0.2, 0.25) is 0 Å². The lowest BCUT2D eigenvalue weighted by Crippen LogP contribution is -1.69. The monoisotopic (exact) mass is 201 g/mol. The van der Waals surface area contributed by atoms with Gasteiger partial charge in [0.15, 0.2) is 0 Å². The van der Waals surface area contributed by atoms with E-state index in [-0.39, 0.29) is 5.75 Å². The zero-order valence-corrected chi connectivity index (χ0v) is 8.69. The Balaban J connectivity index is 0.000000121. The number of rotatable bonds is 0. The lowest BCUT2D eigenvalue weighted by Gasteiger charge is -1.87. The Kier molecular flexibility index (Phi) is 2.91. The van der Waals surface area contributed by atoms with Crippen LogP contribution in [0.5, 0.6) is 5.75 Å². The molecule has 3 rings (SSSR count). The van der Waals surface area contributed by atoms with Crippen LogP contribution in [0.2, 0.25) is 0 Å². The van der Waals surface area contributed by atoms with E-state index in [2.05, 4.69) is 0 Å². The first-order valence-electron chi connectivity index (χ1n) is 5.48. The van der Waals surface area contributed by atoms with Gasteiger partial charge in [0.05, 0.1) is 11.6 Å². The second-order valence-corrected chi connectivity index (χ2v) is 4.35. The van der Waals surface area contributed by atoms with Gasteiger partial charge in [0.25, 0.3) is 0 Å². The summed E-state index contributed by atoms with van der Waals surface area (Å²) in [4.78, 5) is 0. The Morgan fingerprint density at radius 3 is 2.07 bits per heavy atom. The minimum absolute atomic E-state index is 0.189. The predicted molar refractivity (Wildman–Crippen MR) is 58.3 cm³/mol. The molecule has 2 saturated carbocycles. The van der Waals surface area contributed by atoms with Gasteiger partial charge in [-0.05, 0) is 42.5 Å². The summed E-state index contributed by atoms with van der Waals surface area (Å²) < 4.78 is 0. The van der Waals surface area contributed by atoms with Gasteiger partial charge in [-0.1, -0.05) is 19.3 Å². The Morgan fingerprint density at radius 2 is 1.73 bits per heavy atom. The Morgan fingerprint density at radius 1 is 1.13 bits per heavy atom. The van der Waals surface area contributed by atoms with Crippen molar-refractivity contribution in [3.63, 3.8) is 0 Å². The Bertz CT molecular complexity index is 355. The lowest BCUT2D eigenvalue weighted by molar-refractivity contribution is 0.475. The summed E-state index contributed by atoms with van der Waals surface area (Å²) in [6, 6.07) is 8.04. The molecule has 0 aliphatic heterocycles. The molecule has 2 heteroatoms. The van der Waals surface area contributed by atoms with Crippen LogP contribution in [0.1, 0.15) is 31.2 Å². The molecule has 15 heavy (non-hydrogen) atoms. The normalized spacial score (nSPS) is 25.8. The Labute approximate surface area is 90.2 Å². The van der Waals surface area contributed by atoms with Gasteiger partial charge in [-0.2, -0.15) is 5.26 Å². The number of phenols is 1. The third kappa shape index (κ3) is 2.73. The highest BCUT2D eigenvalue weighted by atomic mass is 16.3. The standard InChI is InChI=1S/C7H5NO.C6H10/c8-5-6-1-3-7(9)4-2-6;1-2-5-4-6(5)3-1/h1-4,9H;5-6H,1-4H2. The molecule has 2 aliphatic carbocycles. The van der Waals surface area contributed by atoms with Crippen LogP contribution in [0, 0.1) is 23.2 Å². The van der Waals surface area contributed by atoms with E-state index in [0.29, 0.717) is 5.56 Å². The third-order valence-corrected chi connectivity index (χ3v) is 3.22. The molecule has 1 aromatic rings. The van der Waals surface area contributed by atoms with Crippen molar-refractivity contribution in [1.29, 1.82) is 5.26 Å². The molecule has 0 saturated heterocycles. The van der Waals surface area contributed by atoms with E-state index in [9.17, 15) is 0 Å². The molecule has 0 amide bonds. The number of nitriles is 1. The van der Waals surface area contributed by atoms with Crippen LogP contribution in [0.3, 0.4) is 0 Å². The van der Waals surface area contributed by atoms with E-state index < -0.39 is 0 Å². The summed E-state index contributed by atoms with van der Waals surface area (Å²) in [5.74, 6) is 2.61. The van der Waals surface area contributed by atoms with Gasteiger partial charge in [-0.15, -0.1) is 0 Å². The molecule has 2 atom stereocenters. The smallest absolute Gasteiger partial charge is 0.115 e. The van der Waals surface area contributed by atoms with Gasteiger partial charge in [0.1, 0.15) is 5.75 Å². The fraction of sp³-hybridized carbons (Fsp3) is 0.462. The maximum absolute atomic E-state index is 8.74. The van der Waals surface area contributed by atoms with Crippen molar-refractivity contribution in [2.75, 3.05) is 0 Å². The highest BCUT2D eigenvalue weighted by Crippen LogP contribution is 2.51. The molecule has 0 aromatic heterocycles. The number of hydrogen-bond donors (Lipinski definition) is 1. The number of phenolic OH excluding ortho intramolecular Hbond substituents is 1. The molecule has 0 bridgehead atoms. The van der Waals surface area contributed by atoms with Crippen molar-refractivity contribution in [2.45, 2.75) is 25.7 Å². The molecule has 2 nitrogen and oxygen atoms in total. The number of nitrogens with zero attached hydrogens (tertiary/aromatic N) is 1. The van der Waals surface area contributed by atoms with Gasteiger partial charge in [0, 0.05) is 0 Å². The van der Waals surface area contributed by atoms with Crippen molar-refractivity contribution in [1.82, 2.24) is 0 Å². The average molecular weight is 201 g/mol. The molecular formula is C13H15NO. The number of aromatic hydroxyl groups is 1. The summed E-state index contributed by atoms with van der Waals surface area (Å²) in [5, 5.41) is 17.0. The molecule has 0 spiro atoms. The van der Waals surface area contributed by atoms with Crippen LogP contribution in [-0.2, 0) is 0 Å². The number of fused-ring (bicyclic) bond motifs is 1. The van der Waals surface area contributed by atoms with Crippen LogP contribution >= 0.6 is 0 Å². The fourth-order valence-corrected chi connectivity index (χ4v) is 2.20. The highest BCUT2D eigenvalue weighted by Gasteiger charge is 2.40. The van der Waals surface area contributed by atoms with E-state index in [0.717, 1.165) is 0 Å². The van der Waals surface area contributed by atoms with Crippen molar-refractivity contribution in [2.24, 2.45) is 11.8 Å². The summed E-state index contributed by atoms with van der Waals surface area (Å²) >= 11 is 0. The van der Waals surface area contributed by atoms with Crippen LogP contribution < -0.4 is 0 Å². The molecule has 2 aliphatic rings. The lowest BCUT2D eigenvalue weighted by atomic mass is 10.2. The molecule has 78 valence electrons. The van der Waals surface area contributed by atoms with Crippen molar-refractivity contribution >= 4 is 0 Å². The third-order valence-electron chi connectivity index (χ3n) is 3.22. The summed E-state index contributed by atoms with van der Waals surface area (Å²) in [6.45, 7) is 0. The molecule has 2 unspecified atom stereocenters. The van der Waals surface area contributed by atoms with Crippen LogP contribution in [0.25, 0.3) is 0 Å². The quantitative estimate of drug-likeness (QED) is 0.701. The predicted octanol–water partition coefficient (Wildman–Crippen LogP) is 3.07. The first-order chi connectivity index (χ1) is 7.29. The van der Waals surface area contributed by atoms with Crippen molar-refractivity contribution in [3.8, 4) is 11.8 Å². The first-order valence-corrected chi connectivity index (χ1v) is 5.48. The SMILES string of the molecule is C1CC2CC2C1.N#Cc1ccc(O)cc1. The molecule has 0 heterocycles. The largest absolute Gasteiger partial charge is 0.508 e. The maximum Gasteiger partial charge on any atom is 0.115 e. The van der Waals surface area contributed by atoms with Gasteiger partial charge in [-0.25, -0.2) is 0 Å². The second-order valence-electron chi connectivity index (χ2n) is 4.35. The van der Waals surface area contributed by atoms with Crippen molar-refractivity contribution in [3.05, 3.63) is 29.8 Å². The fourth-order valence-electron chi connectivity index (χ4n) is 2.20. The second kappa shape index (κ2) is 4.35. The first kappa shape index (κ1) is 10.0. The van der Waals surface area contributed by atoms with E-state index in [1.54, 1.807) is 31.4 Å². The molecule has 1 aromatic carbocycles. The Hall–Kier alpha value is -1.49. The highest BCUT2D eigenvalue weighted by molar-refractivity contribution is 5.33. The molecule has 0 radical (unpaired) electrons. The summed E-state index contributed by atoms with van der Waals surface area (Å²) in [7, 11) is 0. The van der Waals surface area contributed by atoms with E-state index >= 15 is 0 Å².